The van der Waals surface area contributed by atoms with Crippen LogP contribution in [0.4, 0.5) is 5.69 Å². The molecule has 0 atom stereocenters. The van der Waals surface area contributed by atoms with Gasteiger partial charge in [-0.2, -0.15) is 0 Å². The third-order valence-corrected chi connectivity index (χ3v) is 3.23. The summed E-state index contributed by atoms with van der Waals surface area (Å²) in [6.45, 7) is 8.39. The summed E-state index contributed by atoms with van der Waals surface area (Å²) in [4.78, 5) is 11.2. The lowest BCUT2D eigenvalue weighted by Gasteiger charge is -2.25. The number of anilines is 1. The number of carbonyl (C=O) groups excluding carboxylic acids is 1. The molecule has 0 saturated carbocycles. The highest BCUT2D eigenvalue weighted by molar-refractivity contribution is 5.89. The van der Waals surface area contributed by atoms with Crippen molar-refractivity contribution in [1.82, 2.24) is 5.32 Å². The first kappa shape index (κ1) is 16.7. The molecule has 0 aromatic heterocycles. The molecule has 0 spiro atoms. The highest BCUT2D eigenvalue weighted by Gasteiger charge is 2.17. The van der Waals surface area contributed by atoms with Gasteiger partial charge in [0.1, 0.15) is 0 Å². The van der Waals surface area contributed by atoms with Crippen molar-refractivity contribution < 1.29 is 9.53 Å². The van der Waals surface area contributed by atoms with Crippen LogP contribution in [0.1, 0.15) is 32.8 Å². The van der Waals surface area contributed by atoms with Crippen molar-refractivity contribution in [2.45, 2.75) is 33.7 Å². The quantitative estimate of drug-likeness (QED) is 0.769. The van der Waals surface area contributed by atoms with Crippen LogP contribution < -0.4 is 10.6 Å². The van der Waals surface area contributed by atoms with Crippen LogP contribution in [0, 0.1) is 5.41 Å². The van der Waals surface area contributed by atoms with Crippen LogP contribution in [0.2, 0.25) is 0 Å². The highest BCUT2D eigenvalue weighted by atomic mass is 16.5. The molecule has 0 fully saturated rings. The first-order valence-corrected chi connectivity index (χ1v) is 7.00. The Kier molecular flexibility index (Phi) is 6.68. The van der Waals surface area contributed by atoms with Crippen molar-refractivity contribution in [3.05, 3.63) is 29.8 Å². The van der Waals surface area contributed by atoms with Crippen molar-refractivity contribution in [1.29, 1.82) is 0 Å². The van der Waals surface area contributed by atoms with E-state index in [1.807, 2.05) is 24.3 Å². The minimum atomic E-state index is -0.0436. The predicted molar refractivity (Wildman–Crippen MR) is 82.7 cm³/mol. The molecule has 0 aliphatic carbocycles. The summed E-state index contributed by atoms with van der Waals surface area (Å²) in [6.07, 6.45) is 1.02. The third kappa shape index (κ3) is 6.17. The molecule has 1 aromatic rings. The summed E-state index contributed by atoms with van der Waals surface area (Å²) in [5.41, 5.74) is 2.17. The number of carbonyl (C=O) groups is 1. The first-order valence-electron chi connectivity index (χ1n) is 7.00. The van der Waals surface area contributed by atoms with Crippen LogP contribution in [0.5, 0.6) is 0 Å². The van der Waals surface area contributed by atoms with Gasteiger partial charge in [0.2, 0.25) is 5.91 Å². The molecule has 4 nitrogen and oxygen atoms in total. The Morgan fingerprint density at radius 2 is 2.00 bits per heavy atom. The van der Waals surface area contributed by atoms with Crippen LogP contribution in [-0.4, -0.2) is 26.2 Å². The van der Waals surface area contributed by atoms with Crippen LogP contribution in [0.3, 0.4) is 0 Å². The molecular weight excluding hydrogens is 252 g/mol. The van der Waals surface area contributed by atoms with Crippen molar-refractivity contribution >= 4 is 11.6 Å². The molecule has 1 amide bonds. The highest BCUT2D eigenvalue weighted by Crippen LogP contribution is 2.20. The zero-order valence-electron chi connectivity index (χ0n) is 13.0. The number of rotatable bonds is 8. The summed E-state index contributed by atoms with van der Waals surface area (Å²) in [6, 6.07) is 7.87. The van der Waals surface area contributed by atoms with E-state index in [9.17, 15) is 4.79 Å². The number of benzene rings is 1. The molecule has 1 aromatic carbocycles. The Morgan fingerprint density at radius 1 is 1.30 bits per heavy atom. The van der Waals surface area contributed by atoms with E-state index < -0.39 is 0 Å². The van der Waals surface area contributed by atoms with Gasteiger partial charge < -0.3 is 15.4 Å². The lowest BCUT2D eigenvalue weighted by molar-refractivity contribution is -0.114. The molecule has 0 heterocycles. The smallest absolute Gasteiger partial charge is 0.221 e. The van der Waals surface area contributed by atoms with E-state index in [4.69, 9.17) is 4.74 Å². The second-order valence-electron chi connectivity index (χ2n) is 5.85. The SMILES string of the molecule is COCCC(C)(C)CNCc1ccccc1NC(C)=O. The summed E-state index contributed by atoms with van der Waals surface area (Å²) in [5, 5.41) is 6.31. The molecule has 1 rings (SSSR count). The topological polar surface area (TPSA) is 50.4 Å². The number of para-hydroxylation sites is 1. The summed E-state index contributed by atoms with van der Waals surface area (Å²) >= 11 is 0. The van der Waals surface area contributed by atoms with Gasteiger partial charge in [-0.3, -0.25) is 4.79 Å². The Morgan fingerprint density at radius 3 is 2.65 bits per heavy atom. The second kappa shape index (κ2) is 8.02. The normalized spacial score (nSPS) is 11.4. The fourth-order valence-electron chi connectivity index (χ4n) is 1.99. The van der Waals surface area contributed by atoms with E-state index in [0.717, 1.165) is 37.4 Å². The number of ether oxygens (including phenoxy) is 1. The van der Waals surface area contributed by atoms with Crippen molar-refractivity contribution in [3.63, 3.8) is 0 Å². The Bertz CT molecular complexity index is 430. The number of nitrogens with one attached hydrogen (secondary N) is 2. The van der Waals surface area contributed by atoms with E-state index in [2.05, 4.69) is 24.5 Å². The van der Waals surface area contributed by atoms with Crippen molar-refractivity contribution in [3.8, 4) is 0 Å². The van der Waals surface area contributed by atoms with Gasteiger partial charge in [0.15, 0.2) is 0 Å². The molecule has 0 saturated heterocycles. The molecule has 0 unspecified atom stereocenters. The molecule has 0 radical (unpaired) electrons. The van der Waals surface area contributed by atoms with Crippen LogP contribution in [-0.2, 0) is 16.1 Å². The number of hydrogen-bond donors (Lipinski definition) is 2. The maximum Gasteiger partial charge on any atom is 0.221 e. The number of amides is 1. The average Bonchev–Trinajstić information content (AvgIpc) is 2.38. The summed E-state index contributed by atoms with van der Waals surface area (Å²) in [7, 11) is 1.73. The van der Waals surface area contributed by atoms with Gasteiger partial charge in [0.05, 0.1) is 0 Å². The maximum atomic E-state index is 11.2. The molecule has 2 N–H and O–H groups in total. The lowest BCUT2D eigenvalue weighted by Crippen LogP contribution is -2.30. The van der Waals surface area contributed by atoms with Gasteiger partial charge in [-0.15, -0.1) is 0 Å². The summed E-state index contributed by atoms with van der Waals surface area (Å²) in [5.74, 6) is -0.0436. The molecule has 20 heavy (non-hydrogen) atoms. The van der Waals surface area contributed by atoms with E-state index in [0.29, 0.717) is 0 Å². The molecule has 0 bridgehead atoms. The van der Waals surface area contributed by atoms with Crippen LogP contribution in [0.25, 0.3) is 0 Å². The van der Waals surface area contributed by atoms with Gasteiger partial charge >= 0.3 is 0 Å². The minimum absolute atomic E-state index is 0.0436. The largest absolute Gasteiger partial charge is 0.385 e. The fourth-order valence-corrected chi connectivity index (χ4v) is 1.99. The average molecular weight is 278 g/mol. The van der Waals surface area contributed by atoms with Gasteiger partial charge in [0.25, 0.3) is 0 Å². The van der Waals surface area contributed by atoms with E-state index >= 15 is 0 Å². The number of methoxy groups -OCH3 is 1. The molecular formula is C16H26N2O2. The minimum Gasteiger partial charge on any atom is -0.385 e. The summed E-state index contributed by atoms with van der Waals surface area (Å²) < 4.78 is 5.13. The monoisotopic (exact) mass is 278 g/mol. The molecule has 4 heteroatoms. The van der Waals surface area contributed by atoms with Crippen molar-refractivity contribution in [2.24, 2.45) is 5.41 Å². The Balaban J connectivity index is 2.51. The van der Waals surface area contributed by atoms with Gasteiger partial charge in [-0.1, -0.05) is 32.0 Å². The van der Waals surface area contributed by atoms with Crippen molar-refractivity contribution in [2.75, 3.05) is 25.6 Å². The van der Waals surface area contributed by atoms with E-state index in [1.54, 1.807) is 7.11 Å². The van der Waals surface area contributed by atoms with E-state index in [-0.39, 0.29) is 11.3 Å². The second-order valence-corrected chi connectivity index (χ2v) is 5.85. The molecule has 0 aliphatic heterocycles. The molecule has 0 aliphatic rings. The van der Waals surface area contributed by atoms with Gasteiger partial charge in [-0.05, 0) is 23.5 Å². The standard InChI is InChI=1S/C16H26N2O2/c1-13(19)18-15-8-6-5-7-14(15)11-17-12-16(2,3)9-10-20-4/h5-8,17H,9-12H2,1-4H3,(H,18,19). The van der Waals surface area contributed by atoms with Crippen LogP contribution in [0.15, 0.2) is 24.3 Å². The van der Waals surface area contributed by atoms with Gasteiger partial charge in [0, 0.05) is 39.4 Å². The zero-order valence-corrected chi connectivity index (χ0v) is 13.0. The Labute approximate surface area is 121 Å². The van der Waals surface area contributed by atoms with Gasteiger partial charge in [-0.25, -0.2) is 0 Å². The third-order valence-electron chi connectivity index (χ3n) is 3.23. The van der Waals surface area contributed by atoms with E-state index in [1.165, 1.54) is 6.92 Å². The zero-order chi connectivity index (χ0) is 15.0. The molecule has 112 valence electrons. The first-order chi connectivity index (χ1) is 9.44. The fraction of sp³-hybridized carbons (Fsp3) is 0.562. The Hall–Kier alpha value is -1.39. The lowest BCUT2D eigenvalue weighted by atomic mass is 9.89. The maximum absolute atomic E-state index is 11.2. The predicted octanol–water partition coefficient (Wildman–Crippen LogP) is 2.80. The van der Waals surface area contributed by atoms with Crippen LogP contribution >= 0.6 is 0 Å². The number of hydrogen-bond acceptors (Lipinski definition) is 3.